The first-order chi connectivity index (χ1) is 9.40. The summed E-state index contributed by atoms with van der Waals surface area (Å²) in [7, 11) is -3.24. The third-order valence-corrected chi connectivity index (χ3v) is 4.07. The lowest BCUT2D eigenvalue weighted by Crippen LogP contribution is -2.47. The Morgan fingerprint density at radius 3 is 2.50 bits per heavy atom. The van der Waals surface area contributed by atoms with E-state index in [0.717, 1.165) is 4.31 Å². The summed E-state index contributed by atoms with van der Waals surface area (Å²) >= 11 is 0. The van der Waals surface area contributed by atoms with Gasteiger partial charge in [-0.05, 0) is 0 Å². The molecule has 1 aromatic heterocycles. The molecule has 0 saturated carbocycles. The van der Waals surface area contributed by atoms with E-state index in [4.69, 9.17) is 9.15 Å². The van der Waals surface area contributed by atoms with Crippen LogP contribution in [0.1, 0.15) is 5.76 Å². The molecular formula is C11H15FN2O5S. The van der Waals surface area contributed by atoms with Gasteiger partial charge in [0.25, 0.3) is 0 Å². The first-order valence-electron chi connectivity index (χ1n) is 5.98. The fourth-order valence-corrected chi connectivity index (χ4v) is 2.60. The first-order valence-corrected chi connectivity index (χ1v) is 7.32. The molecule has 7 nitrogen and oxygen atoms in total. The van der Waals surface area contributed by atoms with Crippen LogP contribution in [0, 0.1) is 0 Å². The Bertz CT molecular complexity index is 622. The lowest BCUT2D eigenvalue weighted by molar-refractivity contribution is 0.166. The minimum Gasteiger partial charge on any atom is -0.490 e. The molecule has 0 aliphatic carbocycles. The van der Waals surface area contributed by atoms with Gasteiger partial charge in [0.15, 0.2) is 0 Å². The first kappa shape index (κ1) is 14.9. The van der Waals surface area contributed by atoms with Crippen LogP contribution >= 0.6 is 0 Å². The molecule has 0 aromatic carbocycles. The van der Waals surface area contributed by atoms with Gasteiger partial charge in [0, 0.05) is 32.2 Å². The van der Waals surface area contributed by atoms with Crippen LogP contribution in [0.5, 0.6) is 5.75 Å². The Hall–Kier alpha value is -1.45. The molecule has 1 saturated heterocycles. The van der Waals surface area contributed by atoms with Crippen molar-refractivity contribution < 1.29 is 21.5 Å². The van der Waals surface area contributed by atoms with Crippen LogP contribution in [0.4, 0.5) is 3.89 Å². The van der Waals surface area contributed by atoms with Gasteiger partial charge in [-0.2, -0.15) is 12.7 Å². The van der Waals surface area contributed by atoms with Crippen LogP contribution in [0.2, 0.25) is 0 Å². The maximum Gasteiger partial charge on any atom is 0.374 e. The molecule has 20 heavy (non-hydrogen) atoms. The number of ether oxygens (including phenoxy) is 1. The van der Waals surface area contributed by atoms with Crippen LogP contribution in [0.25, 0.3) is 0 Å². The van der Waals surface area contributed by atoms with Gasteiger partial charge in [-0.1, -0.05) is 3.89 Å². The highest BCUT2D eigenvalue weighted by molar-refractivity contribution is 7.83. The van der Waals surface area contributed by atoms with Crippen molar-refractivity contribution in [3.8, 4) is 5.75 Å². The molecule has 9 heteroatoms. The number of nitrogens with zero attached hydrogens (tertiary/aromatic N) is 2. The maximum atomic E-state index is 12.8. The minimum absolute atomic E-state index is 0.0826. The average Bonchev–Trinajstić information content (AvgIpc) is 2.38. The summed E-state index contributed by atoms with van der Waals surface area (Å²) in [6, 6.07) is 1.33. The van der Waals surface area contributed by atoms with E-state index in [0.29, 0.717) is 25.4 Å². The van der Waals surface area contributed by atoms with Gasteiger partial charge in [-0.25, -0.2) is 0 Å². The molecular weight excluding hydrogens is 291 g/mol. The quantitative estimate of drug-likeness (QED) is 0.727. The summed E-state index contributed by atoms with van der Waals surface area (Å²) in [5.41, 5.74) is -0.279. The summed E-state index contributed by atoms with van der Waals surface area (Å²) in [5.74, 6) is 0.578. The summed E-state index contributed by atoms with van der Waals surface area (Å²) < 4.78 is 45.1. The van der Waals surface area contributed by atoms with Gasteiger partial charge in [0.2, 0.25) is 11.2 Å². The molecule has 1 aliphatic heterocycles. The van der Waals surface area contributed by atoms with Crippen LogP contribution < -0.4 is 10.2 Å². The Morgan fingerprint density at radius 2 is 2.00 bits per heavy atom. The molecule has 0 unspecified atom stereocenters. The van der Waals surface area contributed by atoms with Crippen molar-refractivity contribution in [3.63, 3.8) is 0 Å². The van der Waals surface area contributed by atoms with E-state index in [9.17, 15) is 17.1 Å². The van der Waals surface area contributed by atoms with E-state index in [2.05, 4.69) is 0 Å². The monoisotopic (exact) mass is 306 g/mol. The van der Waals surface area contributed by atoms with Crippen molar-refractivity contribution >= 4 is 10.4 Å². The zero-order valence-corrected chi connectivity index (χ0v) is 11.7. The molecule has 1 aromatic rings. The van der Waals surface area contributed by atoms with E-state index in [1.807, 2.05) is 4.90 Å². The Labute approximate surface area is 115 Å². The van der Waals surface area contributed by atoms with Gasteiger partial charge in [-0.15, -0.1) is 0 Å². The lowest BCUT2D eigenvalue weighted by atomic mass is 10.3. The van der Waals surface area contributed by atoms with Crippen molar-refractivity contribution in [3.05, 3.63) is 28.3 Å². The topological polar surface area (TPSA) is 80.1 Å². The number of methoxy groups -OCH3 is 1. The zero-order valence-electron chi connectivity index (χ0n) is 10.9. The van der Waals surface area contributed by atoms with Gasteiger partial charge in [0.05, 0.1) is 13.7 Å². The Morgan fingerprint density at radius 1 is 1.35 bits per heavy atom. The highest BCUT2D eigenvalue weighted by atomic mass is 32.3. The van der Waals surface area contributed by atoms with E-state index in [-0.39, 0.29) is 24.3 Å². The predicted molar refractivity (Wildman–Crippen MR) is 68.4 cm³/mol. The van der Waals surface area contributed by atoms with Crippen molar-refractivity contribution in [2.24, 2.45) is 0 Å². The maximum absolute atomic E-state index is 12.8. The molecule has 0 N–H and O–H groups in total. The summed E-state index contributed by atoms with van der Waals surface area (Å²) in [5, 5.41) is 0. The second-order valence-electron chi connectivity index (χ2n) is 4.40. The molecule has 1 aliphatic rings. The molecule has 0 spiro atoms. The second kappa shape index (κ2) is 5.90. The second-order valence-corrected chi connectivity index (χ2v) is 5.74. The van der Waals surface area contributed by atoms with Crippen molar-refractivity contribution in [1.29, 1.82) is 0 Å². The molecule has 0 atom stereocenters. The molecule has 0 amide bonds. The van der Waals surface area contributed by atoms with E-state index < -0.39 is 10.4 Å². The number of hydrogen-bond donors (Lipinski definition) is 0. The van der Waals surface area contributed by atoms with Crippen molar-refractivity contribution in [1.82, 2.24) is 9.21 Å². The third kappa shape index (κ3) is 3.56. The third-order valence-electron chi connectivity index (χ3n) is 3.09. The summed E-state index contributed by atoms with van der Waals surface area (Å²) in [6.45, 7) is 1.27. The number of hydrogen-bond acceptors (Lipinski definition) is 6. The fraction of sp³-hybridized carbons (Fsp3) is 0.545. The standard InChI is InChI=1S/C11H15FN2O5S/c1-18-11-8-19-9(6-10(11)15)7-13-2-4-14(5-3-13)20(12,16)17/h6,8H,2-5,7H2,1H3. The Balaban J connectivity index is 1.96. The summed E-state index contributed by atoms with van der Waals surface area (Å²) in [6.07, 6.45) is 1.24. The largest absolute Gasteiger partial charge is 0.490 e. The van der Waals surface area contributed by atoms with Gasteiger partial charge in [-0.3, -0.25) is 9.69 Å². The smallest absolute Gasteiger partial charge is 0.374 e. The van der Waals surface area contributed by atoms with Crippen molar-refractivity contribution in [2.75, 3.05) is 33.3 Å². The predicted octanol–water partition coefficient (Wildman–Crippen LogP) is -0.0197. The lowest BCUT2D eigenvalue weighted by Gasteiger charge is -2.31. The molecule has 0 bridgehead atoms. The van der Waals surface area contributed by atoms with Crippen molar-refractivity contribution in [2.45, 2.75) is 6.54 Å². The van der Waals surface area contributed by atoms with E-state index >= 15 is 0 Å². The molecule has 2 rings (SSSR count). The van der Waals surface area contributed by atoms with E-state index in [1.165, 1.54) is 19.4 Å². The van der Waals surface area contributed by atoms with Crippen LogP contribution in [0.15, 0.2) is 21.5 Å². The minimum atomic E-state index is -4.62. The highest BCUT2D eigenvalue weighted by Crippen LogP contribution is 2.12. The van der Waals surface area contributed by atoms with Crippen LogP contribution in [-0.2, 0) is 17.0 Å². The number of rotatable bonds is 4. The normalized spacial score (nSPS) is 18.1. The molecule has 1 fully saturated rings. The van der Waals surface area contributed by atoms with E-state index in [1.54, 1.807) is 0 Å². The SMILES string of the molecule is COc1coc(CN2CCN(S(=O)(=O)F)CC2)cc1=O. The number of halogens is 1. The number of piperazine rings is 1. The van der Waals surface area contributed by atoms with Gasteiger partial charge < -0.3 is 9.15 Å². The van der Waals surface area contributed by atoms with Crippen LogP contribution in [0.3, 0.4) is 0 Å². The fourth-order valence-electron chi connectivity index (χ4n) is 2.00. The molecule has 0 radical (unpaired) electrons. The molecule has 112 valence electrons. The van der Waals surface area contributed by atoms with Gasteiger partial charge >= 0.3 is 10.4 Å². The Kier molecular flexibility index (Phi) is 4.41. The van der Waals surface area contributed by atoms with Gasteiger partial charge in [0.1, 0.15) is 12.0 Å². The molecule has 2 heterocycles. The zero-order chi connectivity index (χ0) is 14.8. The highest BCUT2D eigenvalue weighted by Gasteiger charge is 2.26. The average molecular weight is 306 g/mol. The summed E-state index contributed by atoms with van der Waals surface area (Å²) in [4.78, 5) is 13.4. The van der Waals surface area contributed by atoms with Crippen LogP contribution in [-0.4, -0.2) is 50.9 Å².